The maximum absolute atomic E-state index is 12.5. The fraction of sp³-hybridized carbons (Fsp3) is 0.235. The zero-order valence-electron chi connectivity index (χ0n) is 13.5. The summed E-state index contributed by atoms with van der Waals surface area (Å²) in [6.45, 7) is 3.89. The van der Waals surface area contributed by atoms with Crippen LogP contribution in [0.3, 0.4) is 0 Å². The molecule has 0 atom stereocenters. The van der Waals surface area contributed by atoms with Gasteiger partial charge in [-0.1, -0.05) is 48.8 Å². The summed E-state index contributed by atoms with van der Waals surface area (Å²) in [4.78, 5) is 24.7. The third-order valence-electron chi connectivity index (χ3n) is 3.27. The molecule has 0 radical (unpaired) electrons. The molecule has 132 valence electrons. The number of benzene rings is 1. The number of carboxylic acid groups (broad SMARTS) is 1. The van der Waals surface area contributed by atoms with Crippen molar-refractivity contribution in [2.24, 2.45) is 0 Å². The van der Waals surface area contributed by atoms with Crippen LogP contribution in [0.5, 0.6) is 11.5 Å². The van der Waals surface area contributed by atoms with E-state index in [-0.39, 0.29) is 25.5 Å². The topological polar surface area (TPSA) is 78.9 Å². The average molecular weight is 378 g/mol. The molecule has 0 aromatic heterocycles. The van der Waals surface area contributed by atoms with Crippen LogP contribution in [0.2, 0.25) is 0 Å². The Labute approximate surface area is 155 Å². The first-order valence-corrected chi connectivity index (χ1v) is 8.56. The summed E-state index contributed by atoms with van der Waals surface area (Å²) >= 11 is 6.27. The van der Waals surface area contributed by atoms with Crippen LogP contribution in [0.1, 0.15) is 12.0 Å². The van der Waals surface area contributed by atoms with E-state index in [1.165, 1.54) is 12.0 Å². The number of para-hydroxylation sites is 1. The molecule has 1 saturated heterocycles. The van der Waals surface area contributed by atoms with Crippen LogP contribution in [-0.2, 0) is 9.59 Å². The van der Waals surface area contributed by atoms with E-state index in [2.05, 4.69) is 6.58 Å². The molecule has 1 aromatic rings. The van der Waals surface area contributed by atoms with Crippen molar-refractivity contribution in [3.8, 4) is 11.5 Å². The molecular weight excluding hydrogens is 362 g/mol. The Morgan fingerprint density at radius 3 is 2.88 bits per heavy atom. The van der Waals surface area contributed by atoms with Gasteiger partial charge < -0.3 is 19.4 Å². The summed E-state index contributed by atoms with van der Waals surface area (Å²) in [7, 11) is 1.53. The van der Waals surface area contributed by atoms with Crippen molar-refractivity contribution < 1.29 is 24.2 Å². The number of carbonyl (C=O) groups is 2. The van der Waals surface area contributed by atoms with Gasteiger partial charge in [0.2, 0.25) is 0 Å². The van der Waals surface area contributed by atoms with E-state index in [9.17, 15) is 14.7 Å². The molecule has 0 saturated carbocycles. The van der Waals surface area contributed by atoms with Crippen LogP contribution in [0.4, 0.5) is 0 Å². The van der Waals surface area contributed by atoms with Crippen molar-refractivity contribution in [1.82, 2.24) is 4.90 Å². The number of amides is 1. The molecule has 6 nitrogen and oxygen atoms in total. The van der Waals surface area contributed by atoms with Gasteiger partial charge in [0.25, 0.3) is 5.91 Å². The van der Waals surface area contributed by atoms with Crippen molar-refractivity contribution in [2.75, 3.05) is 20.3 Å². The SMILES string of the molecule is C=CCOc1c(/C=C2/SC(=S)N(CCC(=O)[O-])C2=O)cccc1OC. The smallest absolute Gasteiger partial charge is 0.266 e. The molecule has 0 unspecified atom stereocenters. The van der Waals surface area contributed by atoms with Gasteiger partial charge in [-0.25, -0.2) is 0 Å². The van der Waals surface area contributed by atoms with Crippen molar-refractivity contribution in [3.05, 3.63) is 41.3 Å². The van der Waals surface area contributed by atoms with Gasteiger partial charge in [-0.2, -0.15) is 0 Å². The Hall–Kier alpha value is -2.32. The minimum Gasteiger partial charge on any atom is -0.550 e. The molecule has 0 N–H and O–H groups in total. The van der Waals surface area contributed by atoms with Crippen LogP contribution in [0.15, 0.2) is 35.8 Å². The predicted molar refractivity (Wildman–Crippen MR) is 98.2 cm³/mol. The second-order valence-corrected chi connectivity index (χ2v) is 6.61. The highest BCUT2D eigenvalue weighted by atomic mass is 32.2. The zero-order valence-corrected chi connectivity index (χ0v) is 15.2. The number of rotatable bonds is 8. The molecule has 1 aliphatic rings. The number of carboxylic acids is 1. The van der Waals surface area contributed by atoms with Gasteiger partial charge in [-0.05, 0) is 12.1 Å². The Morgan fingerprint density at radius 2 is 2.24 bits per heavy atom. The molecule has 1 aromatic carbocycles. The maximum Gasteiger partial charge on any atom is 0.266 e. The summed E-state index contributed by atoms with van der Waals surface area (Å²) < 4.78 is 11.3. The summed E-state index contributed by atoms with van der Waals surface area (Å²) in [6, 6.07) is 5.32. The lowest BCUT2D eigenvalue weighted by Gasteiger charge is -2.14. The Kier molecular flexibility index (Phi) is 6.60. The first-order valence-electron chi connectivity index (χ1n) is 7.33. The molecule has 25 heavy (non-hydrogen) atoms. The lowest BCUT2D eigenvalue weighted by molar-refractivity contribution is -0.305. The van der Waals surface area contributed by atoms with Gasteiger partial charge in [-0.15, -0.1) is 0 Å². The summed E-state index contributed by atoms with van der Waals surface area (Å²) in [5.41, 5.74) is 0.654. The first-order chi connectivity index (χ1) is 12.0. The highest BCUT2D eigenvalue weighted by Crippen LogP contribution is 2.37. The van der Waals surface area contributed by atoms with Crippen molar-refractivity contribution in [2.45, 2.75) is 6.42 Å². The Bertz CT molecular complexity index is 745. The molecule has 1 aliphatic heterocycles. The number of nitrogens with zero attached hydrogens (tertiary/aromatic N) is 1. The van der Waals surface area contributed by atoms with E-state index in [1.54, 1.807) is 30.4 Å². The monoisotopic (exact) mass is 378 g/mol. The van der Waals surface area contributed by atoms with Gasteiger partial charge >= 0.3 is 0 Å². The third-order valence-corrected chi connectivity index (χ3v) is 4.65. The molecule has 0 spiro atoms. The van der Waals surface area contributed by atoms with Crippen molar-refractivity contribution >= 4 is 46.3 Å². The number of aliphatic carboxylic acids is 1. The van der Waals surface area contributed by atoms with E-state index >= 15 is 0 Å². The number of hydrogen-bond acceptors (Lipinski definition) is 7. The fourth-order valence-electron chi connectivity index (χ4n) is 2.14. The molecule has 1 amide bonds. The van der Waals surface area contributed by atoms with Crippen LogP contribution >= 0.6 is 24.0 Å². The molecule has 1 heterocycles. The van der Waals surface area contributed by atoms with Crippen molar-refractivity contribution in [1.29, 1.82) is 0 Å². The van der Waals surface area contributed by atoms with E-state index < -0.39 is 5.97 Å². The number of hydrogen-bond donors (Lipinski definition) is 0. The van der Waals surface area contributed by atoms with E-state index in [1.807, 2.05) is 0 Å². The second kappa shape index (κ2) is 8.68. The number of carbonyl (C=O) groups excluding carboxylic acids is 2. The molecule has 0 aliphatic carbocycles. The molecular formula is C17H16NO5S2-. The first kappa shape index (κ1) is 19.0. The minimum atomic E-state index is -1.23. The lowest BCUT2D eigenvalue weighted by Crippen LogP contribution is -2.33. The predicted octanol–water partition coefficient (Wildman–Crippen LogP) is 1.60. The van der Waals surface area contributed by atoms with Gasteiger partial charge in [0.15, 0.2) is 11.5 Å². The summed E-state index contributed by atoms with van der Waals surface area (Å²) in [6.07, 6.45) is 2.99. The number of methoxy groups -OCH3 is 1. The van der Waals surface area contributed by atoms with E-state index in [4.69, 9.17) is 21.7 Å². The standard InChI is InChI=1S/C17H17NO5S2/c1-3-9-23-15-11(5-4-6-12(15)22-2)10-13-16(21)18(17(24)25-13)8-7-14(19)20/h3-6,10H,1,7-9H2,2H3,(H,19,20)/p-1/b13-10+. The molecule has 8 heteroatoms. The Morgan fingerprint density at radius 1 is 1.48 bits per heavy atom. The Balaban J connectivity index is 2.31. The largest absolute Gasteiger partial charge is 0.550 e. The van der Waals surface area contributed by atoms with E-state index in [0.717, 1.165) is 11.8 Å². The highest BCUT2D eigenvalue weighted by molar-refractivity contribution is 8.26. The number of ether oxygens (including phenoxy) is 2. The van der Waals surface area contributed by atoms with E-state index in [0.29, 0.717) is 26.3 Å². The highest BCUT2D eigenvalue weighted by Gasteiger charge is 2.31. The number of thiocarbonyl (C=S) groups is 1. The minimum absolute atomic E-state index is 0.0116. The molecule has 2 rings (SSSR count). The second-order valence-electron chi connectivity index (χ2n) is 4.93. The van der Waals surface area contributed by atoms with Crippen LogP contribution in [-0.4, -0.2) is 41.4 Å². The summed E-state index contributed by atoms with van der Waals surface area (Å²) in [5.74, 6) is -0.549. The third kappa shape index (κ3) is 4.61. The van der Waals surface area contributed by atoms with Gasteiger partial charge in [0.1, 0.15) is 10.9 Å². The van der Waals surface area contributed by atoms with Gasteiger partial charge in [0, 0.05) is 24.5 Å². The van der Waals surface area contributed by atoms with Crippen LogP contribution in [0, 0.1) is 0 Å². The summed E-state index contributed by atoms with van der Waals surface area (Å²) in [5, 5.41) is 10.6. The fourth-order valence-corrected chi connectivity index (χ4v) is 3.44. The normalized spacial score (nSPS) is 15.6. The number of thioether (sulfide) groups is 1. The zero-order chi connectivity index (χ0) is 18.4. The lowest BCUT2D eigenvalue weighted by atomic mass is 10.1. The van der Waals surface area contributed by atoms with Gasteiger partial charge in [-0.3, -0.25) is 9.69 Å². The van der Waals surface area contributed by atoms with Gasteiger partial charge in [0.05, 0.1) is 12.0 Å². The van der Waals surface area contributed by atoms with Crippen LogP contribution < -0.4 is 14.6 Å². The quantitative estimate of drug-likeness (QED) is 0.386. The molecule has 0 bridgehead atoms. The average Bonchev–Trinajstić information content (AvgIpc) is 2.85. The molecule has 1 fully saturated rings. The maximum atomic E-state index is 12.5. The van der Waals surface area contributed by atoms with Crippen LogP contribution in [0.25, 0.3) is 6.08 Å². The van der Waals surface area contributed by atoms with Crippen molar-refractivity contribution in [3.63, 3.8) is 0 Å².